The van der Waals surface area contributed by atoms with Gasteiger partial charge in [-0.2, -0.15) is 0 Å². The van der Waals surface area contributed by atoms with E-state index in [0.717, 1.165) is 35.9 Å². The largest absolute Gasteiger partial charge is 0.344 e. The van der Waals surface area contributed by atoms with E-state index in [1.165, 1.54) is 5.56 Å². The standard InChI is InChI=1S/C21H21N3S/c25-21(23-20-11-5-2-6-12-20)24(17-19-10-7-14-22-16-19)15-13-18-8-3-1-4-9-18/h1-12,14,16H,13,15,17H2,(H,23,25). The molecule has 2 aromatic carbocycles. The van der Waals surface area contributed by atoms with Crippen LogP contribution in [-0.2, 0) is 13.0 Å². The van der Waals surface area contributed by atoms with Gasteiger partial charge in [0.2, 0.25) is 0 Å². The van der Waals surface area contributed by atoms with E-state index in [-0.39, 0.29) is 0 Å². The Morgan fingerprint density at radius 2 is 1.56 bits per heavy atom. The van der Waals surface area contributed by atoms with E-state index in [9.17, 15) is 0 Å². The molecule has 0 aliphatic carbocycles. The zero-order valence-corrected chi connectivity index (χ0v) is 14.8. The average molecular weight is 347 g/mol. The zero-order chi connectivity index (χ0) is 17.3. The maximum atomic E-state index is 5.67. The maximum Gasteiger partial charge on any atom is 0.173 e. The molecular weight excluding hydrogens is 326 g/mol. The van der Waals surface area contributed by atoms with Gasteiger partial charge in [-0.1, -0.05) is 54.6 Å². The number of thiocarbonyl (C=S) groups is 1. The molecule has 126 valence electrons. The SMILES string of the molecule is S=C(Nc1ccccc1)N(CCc1ccccc1)Cc1cccnc1. The Morgan fingerprint density at radius 3 is 2.24 bits per heavy atom. The number of anilines is 1. The summed E-state index contributed by atoms with van der Waals surface area (Å²) in [4.78, 5) is 6.40. The molecule has 3 aromatic rings. The van der Waals surface area contributed by atoms with Gasteiger partial charge in [0.1, 0.15) is 0 Å². The molecule has 0 radical (unpaired) electrons. The highest BCUT2D eigenvalue weighted by atomic mass is 32.1. The lowest BCUT2D eigenvalue weighted by Crippen LogP contribution is -2.35. The lowest BCUT2D eigenvalue weighted by Gasteiger charge is -2.26. The van der Waals surface area contributed by atoms with Crippen molar-refractivity contribution in [1.29, 1.82) is 0 Å². The second-order valence-corrected chi connectivity index (χ2v) is 6.20. The summed E-state index contributed by atoms with van der Waals surface area (Å²) in [5, 5.41) is 4.06. The van der Waals surface area contributed by atoms with Gasteiger partial charge in [0.05, 0.1) is 0 Å². The smallest absolute Gasteiger partial charge is 0.173 e. The van der Waals surface area contributed by atoms with Crippen LogP contribution in [0.2, 0.25) is 0 Å². The number of nitrogens with zero attached hydrogens (tertiary/aromatic N) is 2. The van der Waals surface area contributed by atoms with Crippen molar-refractivity contribution in [1.82, 2.24) is 9.88 Å². The van der Waals surface area contributed by atoms with Crippen LogP contribution in [-0.4, -0.2) is 21.5 Å². The van der Waals surface area contributed by atoms with Gasteiger partial charge < -0.3 is 10.2 Å². The average Bonchev–Trinajstić information content (AvgIpc) is 2.67. The first kappa shape index (κ1) is 17.1. The minimum Gasteiger partial charge on any atom is -0.344 e. The fourth-order valence-corrected chi connectivity index (χ4v) is 2.87. The molecule has 1 aromatic heterocycles. The molecule has 0 aliphatic heterocycles. The maximum absolute atomic E-state index is 5.67. The Kier molecular flexibility index (Phi) is 6.12. The number of aromatic nitrogens is 1. The van der Waals surface area contributed by atoms with Crippen molar-refractivity contribution in [2.24, 2.45) is 0 Å². The molecule has 0 aliphatic rings. The molecule has 1 heterocycles. The van der Waals surface area contributed by atoms with Crippen LogP contribution >= 0.6 is 12.2 Å². The van der Waals surface area contributed by atoms with Crippen molar-refractivity contribution >= 4 is 23.0 Å². The third kappa shape index (κ3) is 5.40. The predicted octanol–water partition coefficient (Wildman–Crippen LogP) is 4.52. The van der Waals surface area contributed by atoms with Gasteiger partial charge in [-0.25, -0.2) is 0 Å². The summed E-state index contributed by atoms with van der Waals surface area (Å²) in [6.07, 6.45) is 4.62. The van der Waals surface area contributed by atoms with Crippen LogP contribution < -0.4 is 5.32 Å². The normalized spacial score (nSPS) is 10.2. The van der Waals surface area contributed by atoms with Gasteiger partial charge in [-0.3, -0.25) is 4.98 Å². The predicted molar refractivity (Wildman–Crippen MR) is 107 cm³/mol. The Bertz CT molecular complexity index is 776. The van der Waals surface area contributed by atoms with Crippen molar-refractivity contribution in [2.45, 2.75) is 13.0 Å². The number of hydrogen-bond acceptors (Lipinski definition) is 2. The summed E-state index contributed by atoms with van der Waals surface area (Å²) in [6.45, 7) is 1.58. The molecule has 0 atom stereocenters. The molecule has 0 saturated heterocycles. The number of pyridine rings is 1. The Balaban J connectivity index is 1.70. The number of nitrogens with one attached hydrogen (secondary N) is 1. The molecule has 1 N–H and O–H groups in total. The van der Waals surface area contributed by atoms with Gasteiger partial charge in [0, 0.05) is 31.2 Å². The summed E-state index contributed by atoms with van der Waals surface area (Å²) >= 11 is 5.67. The van der Waals surface area contributed by atoms with E-state index in [4.69, 9.17) is 12.2 Å². The monoisotopic (exact) mass is 347 g/mol. The van der Waals surface area contributed by atoms with E-state index in [0.29, 0.717) is 0 Å². The molecule has 0 spiro atoms. The van der Waals surface area contributed by atoms with Crippen molar-refractivity contribution in [3.05, 3.63) is 96.3 Å². The van der Waals surface area contributed by atoms with E-state index in [1.54, 1.807) is 6.20 Å². The van der Waals surface area contributed by atoms with Crippen LogP contribution in [0, 0.1) is 0 Å². The molecule has 0 unspecified atom stereocenters. The highest BCUT2D eigenvalue weighted by Crippen LogP contribution is 2.11. The summed E-state index contributed by atoms with van der Waals surface area (Å²) in [5.41, 5.74) is 3.46. The van der Waals surface area contributed by atoms with E-state index >= 15 is 0 Å². The van der Waals surface area contributed by atoms with Crippen LogP contribution in [0.25, 0.3) is 0 Å². The van der Waals surface area contributed by atoms with E-state index < -0.39 is 0 Å². The number of hydrogen-bond donors (Lipinski definition) is 1. The topological polar surface area (TPSA) is 28.2 Å². The Labute approximate surface area is 154 Å². The summed E-state index contributed by atoms with van der Waals surface area (Å²) in [5.74, 6) is 0. The molecule has 0 saturated carbocycles. The van der Waals surface area contributed by atoms with Crippen molar-refractivity contribution in [3.63, 3.8) is 0 Å². The van der Waals surface area contributed by atoms with Crippen LogP contribution in [0.3, 0.4) is 0 Å². The number of rotatable bonds is 6. The van der Waals surface area contributed by atoms with Gasteiger partial charge in [0.15, 0.2) is 5.11 Å². The van der Waals surface area contributed by atoms with Gasteiger partial charge in [-0.05, 0) is 48.0 Å². The minimum absolute atomic E-state index is 0.728. The quantitative estimate of drug-likeness (QED) is 0.664. The minimum atomic E-state index is 0.728. The number of benzene rings is 2. The van der Waals surface area contributed by atoms with E-state index in [2.05, 4.69) is 45.5 Å². The summed E-state index contributed by atoms with van der Waals surface area (Å²) < 4.78 is 0. The third-order valence-electron chi connectivity index (χ3n) is 3.92. The van der Waals surface area contributed by atoms with Crippen LogP contribution in [0.5, 0.6) is 0 Å². The van der Waals surface area contributed by atoms with Crippen LogP contribution in [0.15, 0.2) is 85.2 Å². The summed E-state index contributed by atoms with van der Waals surface area (Å²) in [6, 6.07) is 24.5. The molecule has 3 nitrogen and oxygen atoms in total. The lowest BCUT2D eigenvalue weighted by atomic mass is 10.1. The molecule has 25 heavy (non-hydrogen) atoms. The first-order valence-electron chi connectivity index (χ1n) is 8.35. The van der Waals surface area contributed by atoms with Crippen molar-refractivity contribution < 1.29 is 0 Å². The second kappa shape index (κ2) is 8.94. The first-order chi connectivity index (χ1) is 12.3. The molecule has 0 bridgehead atoms. The Morgan fingerprint density at radius 1 is 0.880 bits per heavy atom. The second-order valence-electron chi connectivity index (χ2n) is 5.81. The molecule has 0 amide bonds. The molecule has 4 heteroatoms. The highest BCUT2D eigenvalue weighted by molar-refractivity contribution is 7.80. The lowest BCUT2D eigenvalue weighted by molar-refractivity contribution is 0.422. The third-order valence-corrected chi connectivity index (χ3v) is 4.28. The van der Waals surface area contributed by atoms with Crippen molar-refractivity contribution in [2.75, 3.05) is 11.9 Å². The fourth-order valence-electron chi connectivity index (χ4n) is 2.60. The Hall–Kier alpha value is -2.72. The molecular formula is C21H21N3S. The van der Waals surface area contributed by atoms with Gasteiger partial charge in [0.25, 0.3) is 0 Å². The van der Waals surface area contributed by atoms with E-state index in [1.807, 2.05) is 48.7 Å². The van der Waals surface area contributed by atoms with Gasteiger partial charge >= 0.3 is 0 Å². The zero-order valence-electron chi connectivity index (χ0n) is 14.0. The molecule has 0 fully saturated rings. The van der Waals surface area contributed by atoms with Crippen LogP contribution in [0.4, 0.5) is 5.69 Å². The summed E-state index contributed by atoms with van der Waals surface area (Å²) in [7, 11) is 0. The first-order valence-corrected chi connectivity index (χ1v) is 8.76. The van der Waals surface area contributed by atoms with Crippen LogP contribution in [0.1, 0.15) is 11.1 Å². The van der Waals surface area contributed by atoms with Gasteiger partial charge in [-0.15, -0.1) is 0 Å². The van der Waals surface area contributed by atoms with Crippen molar-refractivity contribution in [3.8, 4) is 0 Å². The highest BCUT2D eigenvalue weighted by Gasteiger charge is 2.11. The number of para-hydroxylation sites is 1. The fraction of sp³-hybridized carbons (Fsp3) is 0.143. The molecule has 3 rings (SSSR count).